The predicted octanol–water partition coefficient (Wildman–Crippen LogP) is 5.70. The molecule has 0 aliphatic carbocycles. The van der Waals surface area contributed by atoms with Crippen molar-refractivity contribution in [2.45, 2.75) is 85.9 Å². The highest BCUT2D eigenvalue weighted by molar-refractivity contribution is 5.99. The number of nitrogens with one attached hydrogen (secondary N) is 2. The fraction of sp³-hybridized carbons (Fsp3) is 0.483. The Hall–Kier alpha value is -3.35. The lowest BCUT2D eigenvalue weighted by molar-refractivity contribution is -0.144. The average Bonchev–Trinajstić information content (AvgIpc) is 2.76. The first-order valence-electron chi connectivity index (χ1n) is 12.4. The largest absolute Gasteiger partial charge is 0.444 e. The van der Waals surface area contributed by atoms with Crippen molar-refractivity contribution in [2.75, 3.05) is 11.9 Å². The summed E-state index contributed by atoms with van der Waals surface area (Å²) in [6, 6.07) is 12.6. The second kappa shape index (κ2) is 11.6. The average molecular weight is 496 g/mol. The number of ether oxygens (including phenoxy) is 1. The van der Waals surface area contributed by atoms with E-state index in [1.54, 1.807) is 20.8 Å². The Kier molecular flexibility index (Phi) is 9.30. The number of hydrogen-bond acceptors (Lipinski definition) is 4. The highest BCUT2D eigenvalue weighted by Crippen LogP contribution is 2.31. The second-order valence-electron chi connectivity index (χ2n) is 11.0. The quantitative estimate of drug-likeness (QED) is 0.516. The molecule has 0 fully saturated rings. The molecule has 0 bridgehead atoms. The van der Waals surface area contributed by atoms with Crippen LogP contribution in [0.2, 0.25) is 0 Å². The van der Waals surface area contributed by atoms with E-state index in [1.807, 2.05) is 77.1 Å². The number of carbonyl (C=O) groups is 3. The van der Waals surface area contributed by atoms with Crippen LogP contribution in [-0.2, 0) is 20.7 Å². The maximum atomic E-state index is 13.9. The number of carbonyl (C=O) groups excluding carboxylic acids is 3. The minimum absolute atomic E-state index is 0.299. The molecule has 2 aromatic rings. The summed E-state index contributed by atoms with van der Waals surface area (Å²) < 4.78 is 5.28. The highest BCUT2D eigenvalue weighted by Gasteiger charge is 2.38. The molecule has 36 heavy (non-hydrogen) atoms. The summed E-state index contributed by atoms with van der Waals surface area (Å²) in [5.74, 6) is -0.716. The zero-order chi connectivity index (χ0) is 27.3. The first-order chi connectivity index (χ1) is 16.6. The monoisotopic (exact) mass is 495 g/mol. The van der Waals surface area contributed by atoms with Gasteiger partial charge in [-0.05, 0) is 84.1 Å². The molecule has 0 saturated heterocycles. The van der Waals surface area contributed by atoms with Gasteiger partial charge in [0.25, 0.3) is 5.91 Å². The molecule has 0 aliphatic rings. The Morgan fingerprint density at radius 3 is 1.94 bits per heavy atom. The van der Waals surface area contributed by atoms with E-state index >= 15 is 0 Å². The van der Waals surface area contributed by atoms with Gasteiger partial charge in [0.05, 0.1) is 0 Å². The molecule has 0 aromatic heterocycles. The smallest absolute Gasteiger partial charge is 0.408 e. The molecule has 0 saturated carbocycles. The van der Waals surface area contributed by atoms with Crippen LogP contribution in [0.4, 0.5) is 10.5 Å². The number of rotatable bonds is 7. The van der Waals surface area contributed by atoms with E-state index in [-0.39, 0.29) is 12.5 Å². The lowest BCUT2D eigenvalue weighted by Gasteiger charge is -2.41. The van der Waals surface area contributed by atoms with E-state index in [0.717, 1.165) is 28.8 Å². The molecule has 7 nitrogen and oxygen atoms in total. The standard InChI is InChI=1S/C29H41N3O4/c1-10-21-14-16-22(17-15-21)25(26(34)31-24-19(2)12-11-13-20(24)3)32(28(4,5)6)23(33)18-30-27(35)36-29(7,8)9/h11-17,25H,10,18H2,1-9H3,(H,30,35)(H,31,34). The van der Waals surface area contributed by atoms with Crippen LogP contribution >= 0.6 is 0 Å². The van der Waals surface area contributed by atoms with Gasteiger partial charge in [-0.2, -0.15) is 0 Å². The van der Waals surface area contributed by atoms with Crippen LogP contribution in [0, 0.1) is 13.8 Å². The Labute approximate surface area is 215 Å². The third kappa shape index (κ3) is 7.83. The number of amides is 3. The van der Waals surface area contributed by atoms with E-state index in [4.69, 9.17) is 4.74 Å². The molecular weight excluding hydrogens is 454 g/mol. The molecule has 7 heteroatoms. The third-order valence-electron chi connectivity index (χ3n) is 5.71. The van der Waals surface area contributed by atoms with E-state index in [1.165, 1.54) is 4.90 Å². The van der Waals surface area contributed by atoms with Gasteiger partial charge in [-0.3, -0.25) is 9.59 Å². The minimum Gasteiger partial charge on any atom is -0.444 e. The summed E-state index contributed by atoms with van der Waals surface area (Å²) in [5.41, 5.74) is 3.01. The van der Waals surface area contributed by atoms with Gasteiger partial charge in [0, 0.05) is 11.2 Å². The Morgan fingerprint density at radius 2 is 1.47 bits per heavy atom. The highest BCUT2D eigenvalue weighted by atomic mass is 16.6. The Balaban J connectivity index is 2.47. The van der Waals surface area contributed by atoms with Crippen molar-refractivity contribution < 1.29 is 19.1 Å². The molecule has 2 rings (SSSR count). The van der Waals surface area contributed by atoms with Crippen molar-refractivity contribution in [3.05, 3.63) is 64.7 Å². The molecule has 2 N–H and O–H groups in total. The van der Waals surface area contributed by atoms with Crippen LogP contribution in [0.25, 0.3) is 0 Å². The van der Waals surface area contributed by atoms with Gasteiger partial charge in [-0.1, -0.05) is 49.4 Å². The van der Waals surface area contributed by atoms with Crippen LogP contribution in [0.15, 0.2) is 42.5 Å². The molecular formula is C29H41N3O4. The summed E-state index contributed by atoms with van der Waals surface area (Å²) in [6.45, 7) is 16.5. The fourth-order valence-electron chi connectivity index (χ4n) is 4.01. The zero-order valence-electron chi connectivity index (χ0n) is 23.1. The first-order valence-corrected chi connectivity index (χ1v) is 12.4. The molecule has 1 atom stereocenters. The van der Waals surface area contributed by atoms with Gasteiger partial charge >= 0.3 is 6.09 Å². The van der Waals surface area contributed by atoms with Crippen LogP contribution in [-0.4, -0.2) is 40.5 Å². The summed E-state index contributed by atoms with van der Waals surface area (Å²) >= 11 is 0. The van der Waals surface area contributed by atoms with Crippen molar-refractivity contribution in [3.63, 3.8) is 0 Å². The predicted molar refractivity (Wildman–Crippen MR) is 144 cm³/mol. The Morgan fingerprint density at radius 1 is 0.917 bits per heavy atom. The molecule has 3 amide bonds. The van der Waals surface area contributed by atoms with Gasteiger partial charge in [-0.15, -0.1) is 0 Å². The van der Waals surface area contributed by atoms with Crippen LogP contribution in [0.5, 0.6) is 0 Å². The van der Waals surface area contributed by atoms with Gasteiger partial charge in [-0.25, -0.2) is 4.79 Å². The topological polar surface area (TPSA) is 87.7 Å². The third-order valence-corrected chi connectivity index (χ3v) is 5.71. The molecule has 0 spiro atoms. The van der Waals surface area contributed by atoms with Crippen molar-refractivity contribution in [1.82, 2.24) is 10.2 Å². The van der Waals surface area contributed by atoms with Crippen LogP contribution < -0.4 is 10.6 Å². The maximum Gasteiger partial charge on any atom is 0.408 e. The van der Waals surface area contributed by atoms with Gasteiger partial charge in [0.15, 0.2) is 0 Å². The molecule has 196 valence electrons. The van der Waals surface area contributed by atoms with E-state index in [0.29, 0.717) is 5.56 Å². The molecule has 1 unspecified atom stereocenters. The summed E-state index contributed by atoms with van der Waals surface area (Å²) in [4.78, 5) is 41.2. The maximum absolute atomic E-state index is 13.9. The van der Waals surface area contributed by atoms with E-state index in [9.17, 15) is 14.4 Å². The number of anilines is 1. The van der Waals surface area contributed by atoms with E-state index < -0.39 is 29.2 Å². The molecule has 2 aromatic carbocycles. The SMILES string of the molecule is CCc1ccc(C(C(=O)Nc2c(C)cccc2C)N(C(=O)CNC(=O)OC(C)(C)C)C(C)(C)C)cc1. The van der Waals surface area contributed by atoms with E-state index in [2.05, 4.69) is 17.6 Å². The van der Waals surface area contributed by atoms with Gasteiger partial charge in [0.2, 0.25) is 5.91 Å². The summed E-state index contributed by atoms with van der Waals surface area (Å²) in [5, 5.41) is 5.60. The fourth-order valence-corrected chi connectivity index (χ4v) is 4.01. The van der Waals surface area contributed by atoms with Gasteiger partial charge < -0.3 is 20.3 Å². The molecule has 0 radical (unpaired) electrons. The van der Waals surface area contributed by atoms with Crippen molar-refractivity contribution in [1.29, 1.82) is 0 Å². The molecule has 0 aliphatic heterocycles. The number of benzene rings is 2. The minimum atomic E-state index is -0.914. The number of aryl methyl sites for hydroxylation is 3. The first kappa shape index (κ1) is 28.9. The second-order valence-corrected chi connectivity index (χ2v) is 11.0. The number of para-hydroxylation sites is 1. The number of hydrogen-bond donors (Lipinski definition) is 2. The normalized spacial score (nSPS) is 12.5. The van der Waals surface area contributed by atoms with Crippen LogP contribution in [0.3, 0.4) is 0 Å². The summed E-state index contributed by atoms with van der Waals surface area (Å²) in [6.07, 6.45) is 0.176. The number of nitrogens with zero attached hydrogens (tertiary/aromatic N) is 1. The van der Waals surface area contributed by atoms with Crippen LogP contribution in [0.1, 0.15) is 76.8 Å². The van der Waals surface area contributed by atoms with Crippen molar-refractivity contribution in [3.8, 4) is 0 Å². The zero-order valence-corrected chi connectivity index (χ0v) is 23.1. The van der Waals surface area contributed by atoms with Crippen molar-refractivity contribution in [2.24, 2.45) is 0 Å². The lowest BCUT2D eigenvalue weighted by atomic mass is 9.95. The lowest BCUT2D eigenvalue weighted by Crippen LogP contribution is -2.54. The summed E-state index contributed by atoms with van der Waals surface area (Å²) in [7, 11) is 0. The Bertz CT molecular complexity index is 1060. The van der Waals surface area contributed by atoms with Gasteiger partial charge in [0.1, 0.15) is 18.2 Å². The van der Waals surface area contributed by atoms with Crippen molar-refractivity contribution >= 4 is 23.6 Å². The number of alkyl carbamates (subject to hydrolysis) is 1. The molecule has 0 heterocycles.